The quantitative estimate of drug-likeness (QED) is 0.182. The molecule has 0 heterocycles. The van der Waals surface area contributed by atoms with Crippen LogP contribution in [0.15, 0.2) is 114 Å². The second-order valence-corrected chi connectivity index (χ2v) is 14.2. The minimum atomic E-state index is -4.77. The third-order valence-electron chi connectivity index (χ3n) is 7.14. The van der Waals surface area contributed by atoms with Crippen molar-refractivity contribution in [3.63, 3.8) is 0 Å². The largest absolute Gasteiger partial charge is 0.416 e. The number of halogens is 4. The average Bonchev–Trinajstić information content (AvgIpc) is 3.02. The van der Waals surface area contributed by atoms with Crippen LogP contribution in [0.2, 0.25) is 5.02 Å². The molecule has 0 radical (unpaired) electrons. The highest BCUT2D eigenvalue weighted by Crippen LogP contribution is 2.33. The lowest BCUT2D eigenvalue weighted by Gasteiger charge is -2.35. The molecule has 0 aliphatic rings. The number of nitrogens with zero attached hydrogens (tertiary/aromatic N) is 2. The van der Waals surface area contributed by atoms with E-state index in [1.807, 2.05) is 6.07 Å². The van der Waals surface area contributed by atoms with Crippen LogP contribution in [0, 0.1) is 0 Å². The molecular formula is C35H35ClF3N3O4S. The first-order valence-corrected chi connectivity index (χ1v) is 16.5. The summed E-state index contributed by atoms with van der Waals surface area (Å²) in [7, 11) is -4.57. The molecule has 0 bridgehead atoms. The fraction of sp³-hybridized carbons (Fsp3) is 0.257. The maximum atomic E-state index is 14.5. The topological polar surface area (TPSA) is 86.8 Å². The van der Waals surface area contributed by atoms with E-state index in [1.54, 1.807) is 75.4 Å². The number of amides is 2. The molecule has 248 valence electrons. The average molecular weight is 686 g/mol. The Morgan fingerprint density at radius 1 is 0.830 bits per heavy atom. The van der Waals surface area contributed by atoms with E-state index in [2.05, 4.69) is 5.32 Å². The first-order valence-electron chi connectivity index (χ1n) is 14.7. The van der Waals surface area contributed by atoms with Crippen LogP contribution in [0.25, 0.3) is 0 Å². The number of sulfonamides is 1. The summed E-state index contributed by atoms with van der Waals surface area (Å²) >= 11 is 6.49. The number of benzene rings is 4. The van der Waals surface area contributed by atoms with Gasteiger partial charge in [-0.05, 0) is 68.3 Å². The second kappa shape index (κ2) is 14.6. The molecule has 12 heteroatoms. The van der Waals surface area contributed by atoms with Crippen molar-refractivity contribution in [2.45, 2.75) is 56.4 Å². The highest BCUT2D eigenvalue weighted by Gasteiger charge is 2.37. The normalized spacial score (nSPS) is 12.7. The molecular weight excluding hydrogens is 651 g/mol. The number of nitrogens with one attached hydrogen (secondary N) is 1. The summed E-state index contributed by atoms with van der Waals surface area (Å²) in [5.74, 6) is -1.33. The first kappa shape index (κ1) is 35.5. The monoisotopic (exact) mass is 685 g/mol. The van der Waals surface area contributed by atoms with Gasteiger partial charge in [0.15, 0.2) is 0 Å². The van der Waals surface area contributed by atoms with Crippen molar-refractivity contribution in [2.75, 3.05) is 10.8 Å². The summed E-state index contributed by atoms with van der Waals surface area (Å²) in [6, 6.07) is 25.4. The third kappa shape index (κ3) is 9.36. The van der Waals surface area contributed by atoms with Crippen LogP contribution in [-0.2, 0) is 38.8 Å². The minimum Gasteiger partial charge on any atom is -0.350 e. The molecule has 47 heavy (non-hydrogen) atoms. The van der Waals surface area contributed by atoms with E-state index in [1.165, 1.54) is 35.2 Å². The zero-order chi connectivity index (χ0) is 34.4. The van der Waals surface area contributed by atoms with Crippen molar-refractivity contribution < 1.29 is 31.2 Å². The van der Waals surface area contributed by atoms with Crippen LogP contribution in [0.3, 0.4) is 0 Å². The van der Waals surface area contributed by atoms with Gasteiger partial charge in [-0.25, -0.2) is 8.42 Å². The predicted molar refractivity (Wildman–Crippen MR) is 176 cm³/mol. The molecule has 0 aliphatic heterocycles. The van der Waals surface area contributed by atoms with Gasteiger partial charge in [0, 0.05) is 23.5 Å². The number of carbonyl (C=O) groups excluding carboxylic acids is 2. The smallest absolute Gasteiger partial charge is 0.350 e. The Kier molecular flexibility index (Phi) is 11.0. The van der Waals surface area contributed by atoms with E-state index in [9.17, 15) is 31.2 Å². The molecule has 7 nitrogen and oxygen atoms in total. The molecule has 0 aliphatic carbocycles. The molecule has 0 fully saturated rings. The Morgan fingerprint density at radius 2 is 1.43 bits per heavy atom. The SMILES string of the molecule is CC(C)(C)NC(=O)[C@@H](Cc1ccccc1)N(Cc1ccccc1Cl)C(=O)CN(c1cccc(C(F)(F)F)c1)S(=O)(=O)c1ccccc1. The summed E-state index contributed by atoms with van der Waals surface area (Å²) in [6.45, 7) is 4.26. The number of carbonyl (C=O) groups is 2. The summed E-state index contributed by atoms with van der Waals surface area (Å²) in [5.41, 5.74) is -0.930. The number of hydrogen-bond donors (Lipinski definition) is 1. The Morgan fingerprint density at radius 3 is 2.02 bits per heavy atom. The van der Waals surface area contributed by atoms with Gasteiger partial charge in [0.2, 0.25) is 11.8 Å². The Bertz CT molecular complexity index is 1800. The molecule has 1 N–H and O–H groups in total. The lowest BCUT2D eigenvalue weighted by atomic mass is 10.0. The maximum Gasteiger partial charge on any atom is 0.416 e. The summed E-state index contributed by atoms with van der Waals surface area (Å²) in [5, 5.41) is 3.23. The van der Waals surface area contributed by atoms with Crippen molar-refractivity contribution in [3.05, 3.63) is 131 Å². The van der Waals surface area contributed by atoms with Gasteiger partial charge in [0.05, 0.1) is 16.1 Å². The van der Waals surface area contributed by atoms with E-state index < -0.39 is 51.7 Å². The van der Waals surface area contributed by atoms with Gasteiger partial charge in [0.1, 0.15) is 12.6 Å². The van der Waals surface area contributed by atoms with Crippen LogP contribution in [0.5, 0.6) is 0 Å². The molecule has 0 saturated carbocycles. The Labute approximate surface area is 278 Å². The van der Waals surface area contributed by atoms with Crippen molar-refractivity contribution in [1.82, 2.24) is 10.2 Å². The van der Waals surface area contributed by atoms with Crippen molar-refractivity contribution >= 4 is 39.1 Å². The molecule has 0 aromatic heterocycles. The predicted octanol–water partition coefficient (Wildman–Crippen LogP) is 7.11. The van der Waals surface area contributed by atoms with Gasteiger partial charge >= 0.3 is 6.18 Å². The molecule has 4 rings (SSSR count). The van der Waals surface area contributed by atoms with Crippen molar-refractivity contribution in [2.24, 2.45) is 0 Å². The molecule has 0 saturated heterocycles. The van der Waals surface area contributed by atoms with Crippen LogP contribution in [0.1, 0.15) is 37.5 Å². The first-order chi connectivity index (χ1) is 22.1. The Balaban J connectivity index is 1.86. The molecule has 0 unspecified atom stereocenters. The van der Waals surface area contributed by atoms with Gasteiger partial charge in [-0.15, -0.1) is 0 Å². The second-order valence-electron chi connectivity index (χ2n) is 11.9. The zero-order valence-corrected chi connectivity index (χ0v) is 27.6. The van der Waals surface area contributed by atoms with Crippen LogP contribution in [0.4, 0.5) is 18.9 Å². The van der Waals surface area contributed by atoms with Gasteiger partial charge in [-0.1, -0.05) is 84.4 Å². The number of anilines is 1. The standard InChI is InChI=1S/C35H35ClF3N3O4S/c1-34(2,3)40-33(44)31(21-25-13-6-4-7-14-25)41(23-26-15-10-11-20-30(26)36)32(43)24-42(47(45,46)29-18-8-5-9-19-29)28-17-12-16-27(22-28)35(37,38)39/h4-20,22,31H,21,23-24H2,1-3H3,(H,40,44)/t31-/m1/s1. The third-order valence-corrected chi connectivity index (χ3v) is 9.30. The van der Waals surface area contributed by atoms with E-state index in [4.69, 9.17) is 11.6 Å². The molecule has 1 atom stereocenters. The zero-order valence-electron chi connectivity index (χ0n) is 26.0. The number of alkyl halides is 3. The molecule has 0 spiro atoms. The lowest BCUT2D eigenvalue weighted by Crippen LogP contribution is -2.56. The van der Waals surface area contributed by atoms with Gasteiger partial charge in [-0.3, -0.25) is 13.9 Å². The lowest BCUT2D eigenvalue weighted by molar-refractivity contribution is -0.140. The molecule has 2 amide bonds. The molecule has 4 aromatic carbocycles. The summed E-state index contributed by atoms with van der Waals surface area (Å²) < 4.78 is 70.0. The fourth-order valence-corrected chi connectivity index (χ4v) is 6.53. The number of hydrogen-bond acceptors (Lipinski definition) is 4. The molecule has 4 aromatic rings. The van der Waals surface area contributed by atoms with Crippen LogP contribution in [-0.4, -0.2) is 43.3 Å². The summed E-state index contributed by atoms with van der Waals surface area (Å²) in [4.78, 5) is 29.4. The van der Waals surface area contributed by atoms with Crippen LogP contribution < -0.4 is 9.62 Å². The van der Waals surface area contributed by atoms with Crippen molar-refractivity contribution in [3.8, 4) is 0 Å². The van der Waals surface area contributed by atoms with E-state index >= 15 is 0 Å². The van der Waals surface area contributed by atoms with Gasteiger partial charge in [-0.2, -0.15) is 13.2 Å². The minimum absolute atomic E-state index is 0.0634. The van der Waals surface area contributed by atoms with E-state index in [-0.39, 0.29) is 23.5 Å². The van der Waals surface area contributed by atoms with E-state index in [0.717, 1.165) is 17.7 Å². The summed E-state index contributed by atoms with van der Waals surface area (Å²) in [6.07, 6.45) is -4.71. The van der Waals surface area contributed by atoms with Gasteiger partial charge < -0.3 is 10.2 Å². The highest BCUT2D eigenvalue weighted by molar-refractivity contribution is 7.92. The van der Waals surface area contributed by atoms with Crippen molar-refractivity contribution in [1.29, 1.82) is 0 Å². The fourth-order valence-electron chi connectivity index (χ4n) is 4.90. The Hall–Kier alpha value is -4.35. The number of rotatable bonds is 11. The highest BCUT2D eigenvalue weighted by atomic mass is 35.5. The van der Waals surface area contributed by atoms with E-state index in [0.29, 0.717) is 21.0 Å². The van der Waals surface area contributed by atoms with Gasteiger partial charge in [0.25, 0.3) is 10.0 Å². The maximum absolute atomic E-state index is 14.5. The van der Waals surface area contributed by atoms with Crippen LogP contribution >= 0.6 is 11.6 Å².